The summed E-state index contributed by atoms with van der Waals surface area (Å²) in [5, 5.41) is 2.65. The summed E-state index contributed by atoms with van der Waals surface area (Å²) in [4.78, 5) is 12.3. The van der Waals surface area contributed by atoms with Gasteiger partial charge in [-0.3, -0.25) is 9.52 Å². The summed E-state index contributed by atoms with van der Waals surface area (Å²) < 4.78 is 71.7. The number of ether oxygens (including phenoxy) is 1. The van der Waals surface area contributed by atoms with Gasteiger partial charge in [0, 0.05) is 11.4 Å². The number of hydrogen-bond donors (Lipinski definition) is 2. The molecule has 192 valence electrons. The molecule has 0 aromatic heterocycles. The van der Waals surface area contributed by atoms with Crippen molar-refractivity contribution in [2.45, 2.75) is 50.3 Å². The van der Waals surface area contributed by atoms with Gasteiger partial charge in [-0.25, -0.2) is 8.42 Å². The van der Waals surface area contributed by atoms with Crippen LogP contribution in [0.2, 0.25) is 0 Å². The number of nitrogens with one attached hydrogen (secondary N) is 2. The Kier molecular flexibility index (Phi) is 7.68. The fraction of sp³-hybridized carbons (Fsp3) is 0.269. The maximum atomic E-state index is 12.9. The number of amides is 1. The molecule has 0 fully saturated rings. The van der Waals surface area contributed by atoms with Gasteiger partial charge >= 0.3 is 6.18 Å². The number of sulfonamides is 1. The van der Waals surface area contributed by atoms with E-state index in [9.17, 15) is 26.4 Å². The molecule has 6 nitrogen and oxygen atoms in total. The predicted molar refractivity (Wildman–Crippen MR) is 133 cm³/mol. The van der Waals surface area contributed by atoms with Gasteiger partial charge in [0.25, 0.3) is 15.9 Å². The zero-order chi connectivity index (χ0) is 26.7. The number of halogens is 3. The molecule has 1 unspecified atom stereocenters. The van der Waals surface area contributed by atoms with Crippen LogP contribution in [0.25, 0.3) is 0 Å². The number of hydrogen-bond acceptors (Lipinski definition) is 4. The zero-order valence-corrected chi connectivity index (χ0v) is 21.0. The van der Waals surface area contributed by atoms with E-state index in [0.29, 0.717) is 17.5 Å². The minimum Gasteiger partial charge on any atom is -0.481 e. The Morgan fingerprint density at radius 3 is 2.03 bits per heavy atom. The van der Waals surface area contributed by atoms with Crippen molar-refractivity contribution in [3.63, 3.8) is 0 Å². The first-order valence-electron chi connectivity index (χ1n) is 11.0. The van der Waals surface area contributed by atoms with Gasteiger partial charge in [0.1, 0.15) is 5.75 Å². The van der Waals surface area contributed by atoms with Crippen LogP contribution in [-0.4, -0.2) is 20.4 Å². The monoisotopic (exact) mass is 520 g/mol. The Hall–Kier alpha value is -3.53. The van der Waals surface area contributed by atoms with Crippen LogP contribution in [0.1, 0.15) is 38.8 Å². The number of anilines is 2. The Bertz CT molecular complexity index is 1320. The van der Waals surface area contributed by atoms with E-state index in [1.165, 1.54) is 30.3 Å². The van der Waals surface area contributed by atoms with Gasteiger partial charge in [0.05, 0.1) is 10.5 Å². The smallest absolute Gasteiger partial charge is 0.416 e. The molecule has 0 aliphatic rings. The first kappa shape index (κ1) is 27.1. The third kappa shape index (κ3) is 7.00. The Balaban J connectivity index is 1.63. The molecule has 0 bridgehead atoms. The van der Waals surface area contributed by atoms with Crippen molar-refractivity contribution in [3.8, 4) is 5.75 Å². The largest absolute Gasteiger partial charge is 0.481 e. The fourth-order valence-electron chi connectivity index (χ4n) is 3.23. The lowest BCUT2D eigenvalue weighted by Gasteiger charge is -2.20. The topological polar surface area (TPSA) is 84.5 Å². The molecule has 0 saturated carbocycles. The zero-order valence-electron chi connectivity index (χ0n) is 20.2. The van der Waals surface area contributed by atoms with Gasteiger partial charge in [0.2, 0.25) is 0 Å². The van der Waals surface area contributed by atoms with Gasteiger partial charge in [-0.05, 0) is 72.5 Å². The molecule has 0 aliphatic carbocycles. The van der Waals surface area contributed by atoms with Crippen molar-refractivity contribution in [1.29, 1.82) is 0 Å². The first-order chi connectivity index (χ1) is 16.6. The van der Waals surface area contributed by atoms with E-state index in [4.69, 9.17) is 4.74 Å². The molecule has 10 heteroatoms. The highest BCUT2D eigenvalue weighted by Gasteiger charge is 2.30. The maximum Gasteiger partial charge on any atom is 0.416 e. The van der Waals surface area contributed by atoms with E-state index < -0.39 is 33.8 Å². The van der Waals surface area contributed by atoms with Crippen molar-refractivity contribution in [2.24, 2.45) is 0 Å². The van der Waals surface area contributed by atoms with Crippen molar-refractivity contribution in [3.05, 3.63) is 83.9 Å². The molecular formula is C26H27F3N2O4S. The van der Waals surface area contributed by atoms with Gasteiger partial charge in [-0.2, -0.15) is 13.2 Å². The number of benzene rings is 3. The number of rotatable bonds is 7. The Morgan fingerprint density at radius 1 is 0.861 bits per heavy atom. The van der Waals surface area contributed by atoms with E-state index in [1.807, 2.05) is 12.1 Å². The van der Waals surface area contributed by atoms with E-state index in [2.05, 4.69) is 30.8 Å². The lowest BCUT2D eigenvalue weighted by molar-refractivity contribution is -0.137. The summed E-state index contributed by atoms with van der Waals surface area (Å²) >= 11 is 0. The molecule has 2 N–H and O–H groups in total. The Morgan fingerprint density at radius 2 is 1.47 bits per heavy atom. The average Bonchev–Trinajstić information content (AvgIpc) is 2.78. The van der Waals surface area contributed by atoms with Crippen LogP contribution in [-0.2, 0) is 26.4 Å². The SMILES string of the molecule is CC(Oc1ccc(C(C)(C)C)cc1)C(=O)Nc1ccc(S(=O)(=O)Nc2cccc(C(F)(F)F)c2)cc1. The summed E-state index contributed by atoms with van der Waals surface area (Å²) in [6.45, 7) is 7.87. The van der Waals surface area contributed by atoms with E-state index in [-0.39, 0.29) is 16.0 Å². The maximum absolute atomic E-state index is 12.9. The fourth-order valence-corrected chi connectivity index (χ4v) is 4.28. The van der Waals surface area contributed by atoms with Crippen molar-refractivity contribution < 1.29 is 31.1 Å². The van der Waals surface area contributed by atoms with Crippen LogP contribution in [0.4, 0.5) is 24.5 Å². The predicted octanol–water partition coefficient (Wildman–Crippen LogP) is 6.21. The third-order valence-corrected chi connectivity index (χ3v) is 6.67. The standard InChI is InChI=1S/C26H27F3N2O4S/c1-17(35-22-12-8-18(9-13-22)25(2,3)4)24(32)30-20-10-14-23(15-11-20)36(33,34)31-21-7-5-6-19(16-21)26(27,28)29/h5-17,31H,1-4H3,(H,30,32). The first-order valence-corrected chi connectivity index (χ1v) is 12.5. The van der Waals surface area contributed by atoms with Crippen molar-refractivity contribution in [2.75, 3.05) is 10.0 Å². The number of carbonyl (C=O) groups is 1. The van der Waals surface area contributed by atoms with Crippen LogP contribution < -0.4 is 14.8 Å². The van der Waals surface area contributed by atoms with Crippen LogP contribution in [0, 0.1) is 0 Å². The van der Waals surface area contributed by atoms with Gasteiger partial charge in [-0.15, -0.1) is 0 Å². The van der Waals surface area contributed by atoms with Gasteiger partial charge in [0.15, 0.2) is 6.10 Å². The summed E-state index contributed by atoms with van der Waals surface area (Å²) in [6.07, 6.45) is -5.42. The van der Waals surface area contributed by atoms with E-state index in [1.54, 1.807) is 19.1 Å². The van der Waals surface area contributed by atoms with Gasteiger partial charge < -0.3 is 10.1 Å². The lowest BCUT2D eigenvalue weighted by atomic mass is 9.87. The molecule has 0 saturated heterocycles. The van der Waals surface area contributed by atoms with Crippen LogP contribution in [0.15, 0.2) is 77.7 Å². The molecule has 1 atom stereocenters. The van der Waals surface area contributed by atoms with Crippen molar-refractivity contribution >= 4 is 27.3 Å². The molecular weight excluding hydrogens is 493 g/mol. The number of alkyl halides is 3. The molecule has 3 aromatic carbocycles. The highest BCUT2D eigenvalue weighted by atomic mass is 32.2. The molecule has 0 spiro atoms. The quantitative estimate of drug-likeness (QED) is 0.388. The van der Waals surface area contributed by atoms with E-state index in [0.717, 1.165) is 17.7 Å². The summed E-state index contributed by atoms with van der Waals surface area (Å²) in [5.41, 5.74) is 0.260. The van der Waals surface area contributed by atoms with E-state index >= 15 is 0 Å². The summed E-state index contributed by atoms with van der Waals surface area (Å²) in [6, 6.07) is 16.6. The second-order valence-electron chi connectivity index (χ2n) is 9.23. The van der Waals surface area contributed by atoms with Crippen LogP contribution >= 0.6 is 0 Å². The highest BCUT2D eigenvalue weighted by Crippen LogP contribution is 2.31. The minimum atomic E-state index is -4.60. The molecule has 0 aliphatic heterocycles. The van der Waals surface area contributed by atoms with Crippen LogP contribution in [0.5, 0.6) is 5.75 Å². The summed E-state index contributed by atoms with van der Waals surface area (Å²) in [7, 11) is -4.15. The molecule has 0 heterocycles. The molecule has 0 radical (unpaired) electrons. The van der Waals surface area contributed by atoms with Gasteiger partial charge in [-0.1, -0.05) is 39.0 Å². The normalized spacial score (nSPS) is 13.1. The highest BCUT2D eigenvalue weighted by molar-refractivity contribution is 7.92. The second kappa shape index (κ2) is 10.2. The van der Waals surface area contributed by atoms with Crippen molar-refractivity contribution in [1.82, 2.24) is 0 Å². The molecule has 3 aromatic rings. The summed E-state index contributed by atoms with van der Waals surface area (Å²) in [5.74, 6) is 0.0975. The molecule has 1 amide bonds. The van der Waals surface area contributed by atoms with Crippen LogP contribution in [0.3, 0.4) is 0 Å². The third-order valence-electron chi connectivity index (χ3n) is 5.28. The second-order valence-corrected chi connectivity index (χ2v) is 10.9. The Labute approximate surface area is 208 Å². The molecule has 36 heavy (non-hydrogen) atoms. The average molecular weight is 521 g/mol. The minimum absolute atomic E-state index is 0.0101. The number of carbonyl (C=O) groups excluding carboxylic acids is 1. The lowest BCUT2D eigenvalue weighted by Crippen LogP contribution is -2.30. The molecule has 3 rings (SSSR count).